The van der Waals surface area contributed by atoms with Gasteiger partial charge in [0.1, 0.15) is 0 Å². The Balaban J connectivity index is 0.000000845. The molecule has 0 aromatic carbocycles. The monoisotopic (exact) mass is 269 g/mol. The van der Waals surface area contributed by atoms with Gasteiger partial charge >= 0.3 is 0 Å². The molecule has 1 radical (unpaired) electrons. The molecule has 1 aliphatic carbocycles. The third-order valence-corrected chi connectivity index (χ3v) is 3.78. The predicted octanol–water partition coefficient (Wildman–Crippen LogP) is 3.29. The van der Waals surface area contributed by atoms with Gasteiger partial charge in [0, 0.05) is 43.3 Å². The van der Waals surface area contributed by atoms with E-state index in [2.05, 4.69) is 18.8 Å². The second-order valence-electron chi connectivity index (χ2n) is 3.54. The zero-order chi connectivity index (χ0) is 8.55. The molecular formula is C10H14NSY-. The van der Waals surface area contributed by atoms with Gasteiger partial charge in [-0.25, -0.2) is 0 Å². The van der Waals surface area contributed by atoms with Crippen LogP contribution in [0.25, 0.3) is 0 Å². The van der Waals surface area contributed by atoms with Gasteiger partial charge in [-0.15, -0.1) is 0 Å². The third kappa shape index (κ3) is 2.54. The molecule has 1 nitrogen and oxygen atoms in total. The van der Waals surface area contributed by atoms with Gasteiger partial charge in [-0.2, -0.15) is 11.3 Å². The molecule has 2 rings (SSSR count). The van der Waals surface area contributed by atoms with Crippen molar-refractivity contribution in [2.24, 2.45) is 0 Å². The summed E-state index contributed by atoms with van der Waals surface area (Å²) in [5.41, 5.74) is 1.22. The molecule has 0 bridgehead atoms. The van der Waals surface area contributed by atoms with Crippen molar-refractivity contribution in [3.8, 4) is 0 Å². The van der Waals surface area contributed by atoms with E-state index in [4.69, 9.17) is 0 Å². The van der Waals surface area contributed by atoms with Gasteiger partial charge < -0.3 is 6.92 Å². The summed E-state index contributed by atoms with van der Waals surface area (Å²) in [6, 6.07) is 0. The first kappa shape index (κ1) is 11.7. The Morgan fingerprint density at radius 2 is 2.00 bits per heavy atom. The minimum absolute atomic E-state index is 0. The van der Waals surface area contributed by atoms with E-state index in [-0.39, 0.29) is 32.7 Å². The molecule has 13 heavy (non-hydrogen) atoms. The van der Waals surface area contributed by atoms with E-state index in [0.717, 1.165) is 10.9 Å². The first-order chi connectivity index (χ1) is 5.77. The summed E-state index contributed by atoms with van der Waals surface area (Å²) in [4.78, 5) is 5.86. The van der Waals surface area contributed by atoms with E-state index < -0.39 is 0 Å². The molecule has 69 valence electrons. The Morgan fingerprint density at radius 1 is 1.38 bits per heavy atom. The molecule has 1 saturated carbocycles. The van der Waals surface area contributed by atoms with Crippen LogP contribution in [-0.4, -0.2) is 4.98 Å². The van der Waals surface area contributed by atoms with Crippen molar-refractivity contribution in [1.29, 1.82) is 0 Å². The second kappa shape index (κ2) is 4.90. The Labute approximate surface area is 109 Å². The second-order valence-corrected chi connectivity index (χ2v) is 4.65. The number of hydrogen-bond acceptors (Lipinski definition) is 2. The number of aromatic nitrogens is 1. The summed E-state index contributed by atoms with van der Waals surface area (Å²) in [5.74, 6) is 0.804. The minimum atomic E-state index is 0. The average Bonchev–Trinajstić information content (AvgIpc) is 2.58. The summed E-state index contributed by atoms with van der Waals surface area (Å²) < 4.78 is 0. The normalized spacial score (nSPS) is 17.3. The SMILES string of the molecule is [CH2-]c1nc(C)c(C2CCCC2)s1.[Y]. The van der Waals surface area contributed by atoms with Crippen LogP contribution in [0.15, 0.2) is 0 Å². The third-order valence-electron chi connectivity index (χ3n) is 2.60. The van der Waals surface area contributed by atoms with Crippen LogP contribution in [0.2, 0.25) is 0 Å². The van der Waals surface area contributed by atoms with E-state index in [9.17, 15) is 0 Å². The van der Waals surface area contributed by atoms with Crippen molar-refractivity contribution < 1.29 is 32.7 Å². The Bertz CT molecular complexity index is 276. The number of aryl methyl sites for hydroxylation is 1. The summed E-state index contributed by atoms with van der Waals surface area (Å²) >= 11 is 1.79. The molecule has 0 unspecified atom stereocenters. The number of hydrogen-bond donors (Lipinski definition) is 0. The first-order valence-electron chi connectivity index (χ1n) is 4.56. The molecular weight excluding hydrogens is 255 g/mol. The topological polar surface area (TPSA) is 12.9 Å². The largest absolute Gasteiger partial charge is 0.346 e. The van der Waals surface area contributed by atoms with Gasteiger partial charge in [-0.1, -0.05) is 12.8 Å². The fraction of sp³-hybridized carbons (Fsp3) is 0.600. The van der Waals surface area contributed by atoms with Gasteiger partial charge in [0.15, 0.2) is 0 Å². The Hall–Kier alpha value is 0.604. The minimum Gasteiger partial charge on any atom is -0.346 e. The van der Waals surface area contributed by atoms with E-state index >= 15 is 0 Å². The van der Waals surface area contributed by atoms with E-state index in [1.54, 1.807) is 11.3 Å². The summed E-state index contributed by atoms with van der Waals surface area (Å²) in [7, 11) is 0. The number of rotatable bonds is 1. The van der Waals surface area contributed by atoms with Crippen molar-refractivity contribution in [1.82, 2.24) is 4.98 Å². The fourth-order valence-corrected chi connectivity index (χ4v) is 3.06. The smallest absolute Gasteiger partial charge is 0.0488 e. The van der Waals surface area contributed by atoms with Crippen molar-refractivity contribution in [2.45, 2.75) is 38.5 Å². The van der Waals surface area contributed by atoms with Crippen LogP contribution in [0.5, 0.6) is 0 Å². The molecule has 1 aromatic rings. The molecule has 0 saturated heterocycles. The molecule has 1 aliphatic rings. The molecule has 0 spiro atoms. The average molecular weight is 269 g/mol. The molecule has 0 aliphatic heterocycles. The fourth-order valence-electron chi connectivity index (χ4n) is 2.03. The standard InChI is InChI=1S/C10H14NS.Y/c1-7-10(12-8(2)11-7)9-5-3-4-6-9;/h9H,2-6H2,1H3;/q-1;. The maximum atomic E-state index is 4.36. The van der Waals surface area contributed by atoms with E-state index in [1.807, 2.05) is 0 Å². The van der Waals surface area contributed by atoms with Crippen LogP contribution >= 0.6 is 11.3 Å². The van der Waals surface area contributed by atoms with Crippen molar-refractivity contribution in [3.63, 3.8) is 0 Å². The summed E-state index contributed by atoms with van der Waals surface area (Å²) in [5, 5.41) is 0.981. The van der Waals surface area contributed by atoms with Crippen LogP contribution in [0.3, 0.4) is 0 Å². The van der Waals surface area contributed by atoms with Crippen LogP contribution in [0, 0.1) is 13.8 Å². The van der Waals surface area contributed by atoms with Crippen LogP contribution in [0.4, 0.5) is 0 Å². The maximum absolute atomic E-state index is 4.36. The first-order valence-corrected chi connectivity index (χ1v) is 5.38. The zero-order valence-corrected chi connectivity index (χ0v) is 11.7. The van der Waals surface area contributed by atoms with Crippen molar-refractivity contribution in [2.75, 3.05) is 0 Å². The molecule has 1 aromatic heterocycles. The summed E-state index contributed by atoms with van der Waals surface area (Å²) in [6.07, 6.45) is 5.52. The molecule has 1 fully saturated rings. The molecule has 0 atom stereocenters. The van der Waals surface area contributed by atoms with Gasteiger partial charge in [0.25, 0.3) is 0 Å². The summed E-state index contributed by atoms with van der Waals surface area (Å²) in [6.45, 7) is 5.99. The molecule has 0 amide bonds. The van der Waals surface area contributed by atoms with E-state index in [1.165, 1.54) is 36.3 Å². The maximum Gasteiger partial charge on any atom is 0.0488 e. The van der Waals surface area contributed by atoms with Crippen LogP contribution in [0.1, 0.15) is 47.2 Å². The van der Waals surface area contributed by atoms with Crippen LogP contribution in [-0.2, 0) is 32.7 Å². The number of thiazole rings is 1. The Morgan fingerprint density at radius 3 is 2.46 bits per heavy atom. The van der Waals surface area contributed by atoms with Crippen molar-refractivity contribution >= 4 is 11.3 Å². The van der Waals surface area contributed by atoms with Gasteiger partial charge in [0.05, 0.1) is 0 Å². The Kier molecular flexibility index (Phi) is 4.40. The quantitative estimate of drug-likeness (QED) is 0.713. The molecule has 1 heterocycles. The number of nitrogens with zero attached hydrogens (tertiary/aromatic N) is 1. The van der Waals surface area contributed by atoms with Gasteiger partial charge in [-0.05, 0) is 30.7 Å². The van der Waals surface area contributed by atoms with Crippen molar-refractivity contribution in [3.05, 3.63) is 22.5 Å². The van der Waals surface area contributed by atoms with Crippen LogP contribution < -0.4 is 0 Å². The van der Waals surface area contributed by atoms with Gasteiger partial charge in [-0.3, -0.25) is 4.98 Å². The molecule has 3 heteroatoms. The van der Waals surface area contributed by atoms with Gasteiger partial charge in [0.2, 0.25) is 0 Å². The molecule has 0 N–H and O–H groups in total. The van der Waals surface area contributed by atoms with E-state index in [0.29, 0.717) is 0 Å². The predicted molar refractivity (Wildman–Crippen MR) is 52.5 cm³/mol. The zero-order valence-electron chi connectivity index (χ0n) is 8.05.